The Morgan fingerprint density at radius 2 is 1.73 bits per heavy atom. The largest absolute Gasteiger partial charge is 0.345 e. The number of piperazine rings is 1. The maximum Gasteiger partial charge on any atom is 0.332 e. The number of carbonyl (C=O) groups is 3. The third-order valence-electron chi connectivity index (χ3n) is 7.70. The topological polar surface area (TPSA) is 105 Å². The molecule has 2 atom stereocenters. The van der Waals surface area contributed by atoms with Gasteiger partial charge >= 0.3 is 6.03 Å². The maximum atomic E-state index is 14.0. The van der Waals surface area contributed by atoms with Crippen LogP contribution in [0, 0.1) is 0 Å². The minimum atomic E-state index is -0.683. The molecule has 3 heterocycles. The van der Waals surface area contributed by atoms with Crippen molar-refractivity contribution in [3.05, 3.63) is 102 Å². The van der Waals surface area contributed by atoms with Crippen LogP contribution in [-0.4, -0.2) is 80.0 Å². The highest BCUT2D eigenvalue weighted by Crippen LogP contribution is 2.30. The molecule has 0 aliphatic carbocycles. The van der Waals surface area contributed by atoms with Crippen LogP contribution in [0.4, 0.5) is 4.79 Å². The molecule has 0 unspecified atom stereocenters. The number of imidazole rings is 1. The predicted molar refractivity (Wildman–Crippen MR) is 149 cm³/mol. The smallest absolute Gasteiger partial charge is 0.332 e. The first-order chi connectivity index (χ1) is 19.5. The summed E-state index contributed by atoms with van der Waals surface area (Å²) in [5.41, 5.74) is 4.58. The SMILES string of the molecule is CN(C(=O)NCc1ccccc1)N1CC(=O)N2[C@@H](Cc3ccccc3)C(=O)N(Cc3cccc4[nH]cnc34)C[C@@H]21. The van der Waals surface area contributed by atoms with Gasteiger partial charge in [0.05, 0.1) is 30.5 Å². The van der Waals surface area contributed by atoms with Gasteiger partial charge in [-0.2, -0.15) is 5.01 Å². The minimum absolute atomic E-state index is 0.0152. The van der Waals surface area contributed by atoms with Gasteiger partial charge in [0.25, 0.3) is 0 Å². The summed E-state index contributed by atoms with van der Waals surface area (Å²) in [4.78, 5) is 51.6. The molecule has 2 N–H and O–H groups in total. The van der Waals surface area contributed by atoms with Gasteiger partial charge in [-0.05, 0) is 22.8 Å². The van der Waals surface area contributed by atoms with E-state index in [-0.39, 0.29) is 30.9 Å². The number of fused-ring (bicyclic) bond motifs is 2. The number of benzene rings is 3. The Kier molecular flexibility index (Phi) is 6.91. The van der Waals surface area contributed by atoms with Gasteiger partial charge in [-0.25, -0.2) is 9.78 Å². The van der Waals surface area contributed by atoms with Crippen LogP contribution in [0.25, 0.3) is 11.0 Å². The molecule has 6 rings (SSSR count). The molecule has 1 aromatic heterocycles. The monoisotopic (exact) mass is 537 g/mol. The fraction of sp³-hybridized carbons (Fsp3) is 0.267. The van der Waals surface area contributed by atoms with Crippen molar-refractivity contribution in [2.24, 2.45) is 0 Å². The van der Waals surface area contributed by atoms with Gasteiger partial charge in [0.15, 0.2) is 0 Å². The number of carbonyl (C=O) groups excluding carboxylic acids is 3. The summed E-state index contributed by atoms with van der Waals surface area (Å²) in [7, 11) is 1.66. The second kappa shape index (κ2) is 10.8. The third kappa shape index (κ3) is 4.89. The van der Waals surface area contributed by atoms with Crippen molar-refractivity contribution >= 4 is 28.9 Å². The molecule has 10 nitrogen and oxygen atoms in total. The maximum absolute atomic E-state index is 14.0. The van der Waals surface area contributed by atoms with E-state index in [1.165, 1.54) is 5.01 Å². The van der Waals surface area contributed by atoms with E-state index in [4.69, 9.17) is 0 Å². The molecular formula is C30H31N7O3. The zero-order valence-corrected chi connectivity index (χ0v) is 22.2. The van der Waals surface area contributed by atoms with E-state index in [0.717, 1.165) is 27.7 Å². The highest BCUT2D eigenvalue weighted by Gasteiger charge is 2.51. The zero-order chi connectivity index (χ0) is 27.6. The Balaban J connectivity index is 1.27. The lowest BCUT2D eigenvalue weighted by atomic mass is 10.00. The summed E-state index contributed by atoms with van der Waals surface area (Å²) in [5, 5.41) is 6.16. The van der Waals surface area contributed by atoms with Crippen LogP contribution >= 0.6 is 0 Å². The number of urea groups is 1. The summed E-state index contributed by atoms with van der Waals surface area (Å²) >= 11 is 0. The van der Waals surface area contributed by atoms with Crippen molar-refractivity contribution in [1.82, 2.24) is 35.1 Å². The highest BCUT2D eigenvalue weighted by molar-refractivity contribution is 5.92. The van der Waals surface area contributed by atoms with E-state index in [1.807, 2.05) is 78.9 Å². The van der Waals surface area contributed by atoms with Gasteiger partial charge in [0, 0.05) is 26.6 Å². The Bertz CT molecular complexity index is 1520. The molecule has 2 aliphatic heterocycles. The van der Waals surface area contributed by atoms with Crippen LogP contribution in [0.2, 0.25) is 0 Å². The number of para-hydroxylation sites is 1. The first kappa shape index (κ1) is 25.6. The molecule has 10 heteroatoms. The molecule has 0 spiro atoms. The van der Waals surface area contributed by atoms with Crippen molar-refractivity contribution in [3.8, 4) is 0 Å². The van der Waals surface area contributed by atoms with Gasteiger partial charge in [0.1, 0.15) is 12.2 Å². The molecular weight excluding hydrogens is 506 g/mol. The fourth-order valence-electron chi connectivity index (χ4n) is 5.65. The molecule has 2 saturated heterocycles. The molecule has 3 aromatic carbocycles. The highest BCUT2D eigenvalue weighted by atomic mass is 16.2. The summed E-state index contributed by atoms with van der Waals surface area (Å²) in [6.45, 7) is 1.01. The second-order valence-electron chi connectivity index (χ2n) is 10.2. The fourth-order valence-corrected chi connectivity index (χ4v) is 5.65. The molecule has 4 aromatic rings. The van der Waals surface area contributed by atoms with E-state index in [2.05, 4.69) is 15.3 Å². The van der Waals surface area contributed by atoms with Crippen LogP contribution < -0.4 is 5.32 Å². The van der Waals surface area contributed by atoms with Crippen molar-refractivity contribution in [2.45, 2.75) is 31.7 Å². The van der Waals surface area contributed by atoms with E-state index in [1.54, 1.807) is 28.2 Å². The van der Waals surface area contributed by atoms with Crippen LogP contribution in [0.1, 0.15) is 16.7 Å². The first-order valence-electron chi connectivity index (χ1n) is 13.4. The molecule has 4 amide bonds. The van der Waals surface area contributed by atoms with Crippen LogP contribution in [-0.2, 0) is 29.1 Å². The average molecular weight is 538 g/mol. The number of nitrogens with zero attached hydrogens (tertiary/aromatic N) is 5. The molecule has 40 heavy (non-hydrogen) atoms. The van der Waals surface area contributed by atoms with Gasteiger partial charge in [-0.15, -0.1) is 0 Å². The molecule has 0 saturated carbocycles. The Morgan fingerprint density at radius 3 is 2.48 bits per heavy atom. The second-order valence-corrected chi connectivity index (χ2v) is 10.2. The predicted octanol–water partition coefficient (Wildman–Crippen LogP) is 2.74. The zero-order valence-electron chi connectivity index (χ0n) is 22.2. The summed E-state index contributed by atoms with van der Waals surface area (Å²) < 4.78 is 0. The number of hydrogen-bond donors (Lipinski definition) is 2. The van der Waals surface area contributed by atoms with Crippen LogP contribution in [0.3, 0.4) is 0 Å². The third-order valence-corrected chi connectivity index (χ3v) is 7.70. The van der Waals surface area contributed by atoms with Gasteiger partial charge in [0.2, 0.25) is 11.8 Å². The van der Waals surface area contributed by atoms with E-state index in [0.29, 0.717) is 19.5 Å². The lowest BCUT2D eigenvalue weighted by molar-refractivity contribution is -0.157. The average Bonchev–Trinajstić information content (AvgIpc) is 3.59. The number of aromatic amines is 1. The normalized spacial score (nSPS) is 19.2. The van der Waals surface area contributed by atoms with Crippen molar-refractivity contribution < 1.29 is 14.4 Å². The quantitative estimate of drug-likeness (QED) is 0.377. The number of aromatic nitrogens is 2. The molecule has 2 fully saturated rings. The standard InChI is InChI=1S/C30H31N7O3/c1-34(30(40)31-16-22-11-6-3-7-12-22)36-19-27(38)37-25(15-21-9-4-2-5-10-21)29(39)35(18-26(36)37)17-23-13-8-14-24-28(23)33-20-32-24/h2-14,20,25-26H,15-19H2,1H3,(H,31,40)(H,32,33)/t25-,26+/m0/s1. The molecule has 0 bridgehead atoms. The lowest BCUT2D eigenvalue weighted by Gasteiger charge is -2.45. The molecule has 2 aliphatic rings. The van der Waals surface area contributed by atoms with Crippen LogP contribution in [0.5, 0.6) is 0 Å². The van der Waals surface area contributed by atoms with Crippen molar-refractivity contribution in [1.29, 1.82) is 0 Å². The van der Waals surface area contributed by atoms with Crippen LogP contribution in [0.15, 0.2) is 85.2 Å². The number of nitrogens with one attached hydrogen (secondary N) is 2. The first-order valence-corrected chi connectivity index (χ1v) is 13.4. The number of rotatable bonds is 7. The molecule has 204 valence electrons. The van der Waals surface area contributed by atoms with Gasteiger partial charge in [-0.3, -0.25) is 14.6 Å². The number of hydrazine groups is 1. The van der Waals surface area contributed by atoms with Gasteiger partial charge < -0.3 is 20.1 Å². The van der Waals surface area contributed by atoms with E-state index >= 15 is 0 Å². The summed E-state index contributed by atoms with van der Waals surface area (Å²) in [6, 6.07) is 24.2. The number of amides is 4. The number of H-pyrrole nitrogens is 1. The Hall–Kier alpha value is -4.70. The van der Waals surface area contributed by atoms with E-state index < -0.39 is 12.2 Å². The van der Waals surface area contributed by atoms with Crippen molar-refractivity contribution in [2.75, 3.05) is 20.1 Å². The Morgan fingerprint density at radius 1 is 1.00 bits per heavy atom. The van der Waals surface area contributed by atoms with E-state index in [9.17, 15) is 14.4 Å². The Labute approximate surface area is 232 Å². The minimum Gasteiger partial charge on any atom is -0.345 e. The number of hydrogen-bond acceptors (Lipinski definition) is 5. The summed E-state index contributed by atoms with van der Waals surface area (Å²) in [6.07, 6.45) is 1.56. The summed E-state index contributed by atoms with van der Waals surface area (Å²) in [5.74, 6) is -0.282. The lowest BCUT2D eigenvalue weighted by Crippen LogP contribution is -2.65. The van der Waals surface area contributed by atoms with Gasteiger partial charge in [-0.1, -0.05) is 72.8 Å². The molecule has 0 radical (unpaired) electrons. The van der Waals surface area contributed by atoms with Crippen molar-refractivity contribution in [3.63, 3.8) is 0 Å².